The van der Waals surface area contributed by atoms with E-state index < -0.39 is 0 Å². The van der Waals surface area contributed by atoms with Crippen LogP contribution in [0.4, 0.5) is 0 Å². The molecule has 0 radical (unpaired) electrons. The van der Waals surface area contributed by atoms with Crippen LogP contribution in [0.3, 0.4) is 0 Å². The van der Waals surface area contributed by atoms with Gasteiger partial charge >= 0.3 is 0 Å². The van der Waals surface area contributed by atoms with E-state index in [0.29, 0.717) is 5.92 Å². The number of thioether (sulfide) groups is 1. The molecule has 0 aliphatic heterocycles. The third-order valence-corrected chi connectivity index (χ3v) is 5.85. The van der Waals surface area contributed by atoms with Crippen LogP contribution < -0.4 is 5.73 Å². The standard InChI is InChI=1S/C14H17Br2NOS/c15-11-5-9(6-12(16)7-11)8-19-13(14(17)18)10-3-1-2-4-10/h5-7,10,13H,1-4,8H2,(H2,17,18). The van der Waals surface area contributed by atoms with Gasteiger partial charge in [-0.15, -0.1) is 11.8 Å². The summed E-state index contributed by atoms with van der Waals surface area (Å²) in [6.45, 7) is 0. The molecule has 1 aromatic carbocycles. The first-order chi connectivity index (χ1) is 9.06. The van der Waals surface area contributed by atoms with Crippen molar-refractivity contribution in [2.75, 3.05) is 0 Å². The van der Waals surface area contributed by atoms with E-state index in [2.05, 4.69) is 44.0 Å². The quantitative estimate of drug-likeness (QED) is 0.782. The van der Waals surface area contributed by atoms with Crippen molar-refractivity contribution in [1.82, 2.24) is 0 Å². The maximum atomic E-state index is 11.6. The van der Waals surface area contributed by atoms with E-state index in [9.17, 15) is 4.79 Å². The normalized spacial score (nSPS) is 17.6. The molecule has 1 fully saturated rings. The van der Waals surface area contributed by atoms with E-state index in [1.54, 1.807) is 11.8 Å². The number of halogens is 2. The zero-order valence-corrected chi connectivity index (χ0v) is 14.6. The number of primary amides is 1. The molecule has 104 valence electrons. The lowest BCUT2D eigenvalue weighted by Gasteiger charge is -2.19. The average Bonchev–Trinajstić information content (AvgIpc) is 2.81. The Morgan fingerprint density at radius 2 is 1.84 bits per heavy atom. The number of hydrogen-bond acceptors (Lipinski definition) is 2. The highest BCUT2D eigenvalue weighted by atomic mass is 79.9. The van der Waals surface area contributed by atoms with Crippen molar-refractivity contribution in [3.05, 3.63) is 32.7 Å². The maximum Gasteiger partial charge on any atom is 0.230 e. The van der Waals surface area contributed by atoms with Crippen molar-refractivity contribution in [2.24, 2.45) is 11.7 Å². The van der Waals surface area contributed by atoms with Gasteiger partial charge in [0.15, 0.2) is 0 Å². The van der Waals surface area contributed by atoms with E-state index in [-0.39, 0.29) is 11.2 Å². The molecule has 2 nitrogen and oxygen atoms in total. The maximum absolute atomic E-state index is 11.6. The third-order valence-electron chi connectivity index (χ3n) is 3.46. The van der Waals surface area contributed by atoms with Crippen LogP contribution in [0.15, 0.2) is 27.1 Å². The van der Waals surface area contributed by atoms with Crippen LogP contribution in [0.2, 0.25) is 0 Å². The van der Waals surface area contributed by atoms with E-state index >= 15 is 0 Å². The molecule has 1 aromatic rings. The zero-order valence-electron chi connectivity index (χ0n) is 10.6. The smallest absolute Gasteiger partial charge is 0.230 e. The van der Waals surface area contributed by atoms with Crippen molar-refractivity contribution < 1.29 is 4.79 Å². The number of carbonyl (C=O) groups excluding carboxylic acids is 1. The molecular formula is C14H17Br2NOS. The molecule has 19 heavy (non-hydrogen) atoms. The summed E-state index contributed by atoms with van der Waals surface area (Å²) in [5.74, 6) is 1.13. The predicted molar refractivity (Wildman–Crippen MR) is 88.1 cm³/mol. The first-order valence-electron chi connectivity index (χ1n) is 6.42. The van der Waals surface area contributed by atoms with Crippen molar-refractivity contribution in [2.45, 2.75) is 36.7 Å². The Hall–Kier alpha value is -0.000000000000000111. The minimum atomic E-state index is -0.161. The molecule has 1 aliphatic rings. The van der Waals surface area contributed by atoms with Crippen LogP contribution in [0.1, 0.15) is 31.2 Å². The largest absolute Gasteiger partial charge is 0.369 e. The molecule has 2 N–H and O–H groups in total. The molecule has 1 unspecified atom stereocenters. The van der Waals surface area contributed by atoms with Gasteiger partial charge in [0.05, 0.1) is 5.25 Å². The van der Waals surface area contributed by atoms with Crippen LogP contribution in [0, 0.1) is 5.92 Å². The number of benzene rings is 1. The topological polar surface area (TPSA) is 43.1 Å². The summed E-state index contributed by atoms with van der Waals surface area (Å²) >= 11 is 8.65. The van der Waals surface area contributed by atoms with Gasteiger partial charge in [0.2, 0.25) is 5.91 Å². The minimum Gasteiger partial charge on any atom is -0.369 e. The van der Waals surface area contributed by atoms with E-state index in [1.165, 1.54) is 18.4 Å². The summed E-state index contributed by atoms with van der Waals surface area (Å²) in [6.07, 6.45) is 4.75. The summed E-state index contributed by atoms with van der Waals surface area (Å²) in [6, 6.07) is 6.19. The number of nitrogens with two attached hydrogens (primary N) is 1. The third kappa shape index (κ3) is 4.50. The van der Waals surface area contributed by atoms with Gasteiger partial charge in [0.1, 0.15) is 0 Å². The summed E-state index contributed by atoms with van der Waals surface area (Å²) in [4.78, 5) is 11.6. The Balaban J connectivity index is 2.00. The second-order valence-corrected chi connectivity index (χ2v) is 7.92. The van der Waals surface area contributed by atoms with Crippen LogP contribution >= 0.6 is 43.6 Å². The van der Waals surface area contributed by atoms with E-state index in [4.69, 9.17) is 5.73 Å². The Bertz CT molecular complexity index is 441. The molecule has 1 aliphatic carbocycles. The van der Waals surface area contributed by atoms with Gasteiger partial charge in [-0.25, -0.2) is 0 Å². The Labute approximate surface area is 135 Å². The van der Waals surface area contributed by atoms with Gasteiger partial charge in [0.25, 0.3) is 0 Å². The molecule has 5 heteroatoms. The highest BCUT2D eigenvalue weighted by Crippen LogP contribution is 2.35. The molecule has 0 heterocycles. The fourth-order valence-electron chi connectivity index (χ4n) is 2.59. The lowest BCUT2D eigenvalue weighted by Crippen LogP contribution is -2.31. The Morgan fingerprint density at radius 1 is 1.26 bits per heavy atom. The first-order valence-corrected chi connectivity index (χ1v) is 9.05. The lowest BCUT2D eigenvalue weighted by atomic mass is 10.0. The second-order valence-electron chi connectivity index (χ2n) is 4.96. The Kier molecular flexibility index (Phi) is 5.78. The molecule has 1 amide bonds. The van der Waals surface area contributed by atoms with Crippen molar-refractivity contribution >= 4 is 49.5 Å². The number of hydrogen-bond donors (Lipinski definition) is 1. The van der Waals surface area contributed by atoms with Crippen LogP contribution in [0.5, 0.6) is 0 Å². The lowest BCUT2D eigenvalue weighted by molar-refractivity contribution is -0.118. The van der Waals surface area contributed by atoms with Crippen molar-refractivity contribution in [3.8, 4) is 0 Å². The summed E-state index contributed by atoms with van der Waals surface area (Å²) < 4.78 is 2.10. The zero-order chi connectivity index (χ0) is 13.8. The summed E-state index contributed by atoms with van der Waals surface area (Å²) in [7, 11) is 0. The summed E-state index contributed by atoms with van der Waals surface area (Å²) in [5, 5.41) is -0.0414. The predicted octanol–water partition coefficient (Wildman–Crippen LogP) is 4.49. The van der Waals surface area contributed by atoms with Gasteiger partial charge in [0, 0.05) is 14.7 Å². The van der Waals surface area contributed by atoms with Crippen LogP contribution in [0.25, 0.3) is 0 Å². The summed E-state index contributed by atoms with van der Waals surface area (Å²) in [5.41, 5.74) is 6.77. The van der Waals surface area contributed by atoms with Crippen molar-refractivity contribution in [1.29, 1.82) is 0 Å². The van der Waals surface area contributed by atoms with Gasteiger partial charge < -0.3 is 5.73 Å². The molecule has 1 saturated carbocycles. The van der Waals surface area contributed by atoms with Gasteiger partial charge in [-0.1, -0.05) is 44.7 Å². The second kappa shape index (κ2) is 7.14. The molecule has 0 saturated heterocycles. The van der Waals surface area contributed by atoms with E-state index in [0.717, 1.165) is 27.5 Å². The van der Waals surface area contributed by atoms with Gasteiger partial charge in [-0.05, 0) is 42.5 Å². The minimum absolute atomic E-state index is 0.0414. The molecule has 0 spiro atoms. The molecule has 1 atom stereocenters. The molecule has 2 rings (SSSR count). The molecule has 0 aromatic heterocycles. The monoisotopic (exact) mass is 405 g/mol. The van der Waals surface area contributed by atoms with E-state index in [1.807, 2.05) is 6.07 Å². The fraction of sp³-hybridized carbons (Fsp3) is 0.500. The van der Waals surface area contributed by atoms with Crippen molar-refractivity contribution in [3.63, 3.8) is 0 Å². The Morgan fingerprint density at radius 3 is 2.37 bits per heavy atom. The number of amides is 1. The average molecular weight is 407 g/mol. The number of carbonyl (C=O) groups is 1. The molecule has 0 bridgehead atoms. The molecular weight excluding hydrogens is 390 g/mol. The van der Waals surface area contributed by atoms with Crippen LogP contribution in [-0.2, 0) is 10.5 Å². The number of rotatable bonds is 5. The van der Waals surface area contributed by atoms with Crippen LogP contribution in [-0.4, -0.2) is 11.2 Å². The highest BCUT2D eigenvalue weighted by molar-refractivity contribution is 9.11. The highest BCUT2D eigenvalue weighted by Gasteiger charge is 2.29. The van der Waals surface area contributed by atoms with Gasteiger partial charge in [-0.3, -0.25) is 4.79 Å². The SMILES string of the molecule is NC(=O)C(SCc1cc(Br)cc(Br)c1)C1CCCC1. The fourth-order valence-corrected chi connectivity index (χ4v) is 5.23. The van der Waals surface area contributed by atoms with Gasteiger partial charge in [-0.2, -0.15) is 0 Å². The first kappa shape index (κ1) is 15.4.